The molecule has 104 valence electrons. The quantitative estimate of drug-likeness (QED) is 0.341. The van der Waals surface area contributed by atoms with Crippen LogP contribution < -0.4 is 11.3 Å². The van der Waals surface area contributed by atoms with Gasteiger partial charge in [-0.2, -0.15) is 0 Å². The van der Waals surface area contributed by atoms with E-state index >= 15 is 0 Å². The number of amides is 1. The van der Waals surface area contributed by atoms with Gasteiger partial charge in [0.1, 0.15) is 5.75 Å². The Kier molecular flexibility index (Phi) is 5.03. The number of carbonyl (C=O) groups excluding carboxylic acids is 1. The minimum atomic E-state index is -0.325. The van der Waals surface area contributed by atoms with Crippen molar-refractivity contribution in [3.63, 3.8) is 0 Å². The third-order valence-corrected chi connectivity index (χ3v) is 3.98. The molecule has 0 saturated carbocycles. The van der Waals surface area contributed by atoms with Crippen molar-refractivity contribution in [3.05, 3.63) is 60.2 Å². The smallest absolute Gasteiger partial charge is 0.242 e. The highest BCUT2D eigenvalue weighted by Gasteiger charge is 2.19. The summed E-state index contributed by atoms with van der Waals surface area (Å²) in [4.78, 5) is 12.8. The predicted octanol–water partition coefficient (Wildman–Crippen LogP) is 2.26. The van der Waals surface area contributed by atoms with Crippen molar-refractivity contribution in [3.8, 4) is 5.75 Å². The molecule has 1 atom stereocenters. The fourth-order valence-corrected chi connectivity index (χ4v) is 2.94. The van der Waals surface area contributed by atoms with E-state index in [2.05, 4.69) is 5.43 Å². The Hall–Kier alpha value is -1.98. The Morgan fingerprint density at radius 1 is 1.20 bits per heavy atom. The third-order valence-electron chi connectivity index (χ3n) is 2.89. The molecule has 0 bridgehead atoms. The highest BCUT2D eigenvalue weighted by atomic mass is 32.2. The van der Waals surface area contributed by atoms with Crippen molar-refractivity contribution in [1.82, 2.24) is 5.43 Å². The summed E-state index contributed by atoms with van der Waals surface area (Å²) in [7, 11) is 0. The fourth-order valence-electron chi connectivity index (χ4n) is 1.86. The molecule has 1 unspecified atom stereocenters. The number of aromatic hydroxyl groups is 1. The number of hydrogen-bond donors (Lipinski definition) is 3. The van der Waals surface area contributed by atoms with E-state index in [4.69, 9.17) is 5.84 Å². The standard InChI is InChI=1S/C15H16N2O2S/c16-17-15(19)14(11-5-2-1-3-6-11)10-20-13-8-4-7-12(18)9-13/h1-9,14,18H,10,16H2,(H,17,19). The number of carbonyl (C=O) groups is 1. The average Bonchev–Trinajstić information content (AvgIpc) is 2.48. The predicted molar refractivity (Wildman–Crippen MR) is 80.3 cm³/mol. The molecule has 0 spiro atoms. The molecule has 4 N–H and O–H groups in total. The first-order chi connectivity index (χ1) is 9.70. The Morgan fingerprint density at radius 2 is 1.95 bits per heavy atom. The first kappa shape index (κ1) is 14.4. The summed E-state index contributed by atoms with van der Waals surface area (Å²) in [5, 5.41) is 9.44. The Labute approximate surface area is 122 Å². The molecule has 0 saturated heterocycles. The molecule has 2 rings (SSSR count). The Bertz CT molecular complexity index is 575. The summed E-state index contributed by atoms with van der Waals surface area (Å²) in [5.74, 6) is 5.48. The van der Waals surface area contributed by atoms with Crippen molar-refractivity contribution >= 4 is 17.7 Å². The number of nitrogens with two attached hydrogens (primary N) is 1. The van der Waals surface area contributed by atoms with Crippen molar-refractivity contribution in [2.24, 2.45) is 5.84 Å². The molecule has 0 aliphatic rings. The summed E-state index contributed by atoms with van der Waals surface area (Å²) >= 11 is 1.50. The first-order valence-corrected chi connectivity index (χ1v) is 7.16. The lowest BCUT2D eigenvalue weighted by Crippen LogP contribution is -2.35. The summed E-state index contributed by atoms with van der Waals surface area (Å²) in [6.45, 7) is 0. The maximum absolute atomic E-state index is 11.9. The van der Waals surface area contributed by atoms with Crippen molar-refractivity contribution in [2.45, 2.75) is 10.8 Å². The van der Waals surface area contributed by atoms with Gasteiger partial charge in [-0.05, 0) is 23.8 Å². The minimum Gasteiger partial charge on any atom is -0.508 e. The number of phenols is 1. The number of nitrogens with one attached hydrogen (secondary N) is 1. The molecule has 0 aliphatic carbocycles. The van der Waals surface area contributed by atoms with E-state index in [1.54, 1.807) is 18.2 Å². The van der Waals surface area contributed by atoms with Crippen molar-refractivity contribution < 1.29 is 9.90 Å². The Morgan fingerprint density at radius 3 is 2.60 bits per heavy atom. The molecule has 0 heterocycles. The molecule has 1 amide bonds. The van der Waals surface area contributed by atoms with Gasteiger partial charge in [-0.25, -0.2) is 5.84 Å². The molecule has 2 aromatic rings. The van der Waals surface area contributed by atoms with Crippen LogP contribution >= 0.6 is 11.8 Å². The molecule has 5 heteroatoms. The van der Waals surface area contributed by atoms with Crippen LogP contribution in [0.15, 0.2) is 59.5 Å². The molecule has 20 heavy (non-hydrogen) atoms. The summed E-state index contributed by atoms with van der Waals surface area (Å²) in [6.07, 6.45) is 0. The molecule has 0 aliphatic heterocycles. The van der Waals surface area contributed by atoms with Crippen LogP contribution in [0.25, 0.3) is 0 Å². The number of rotatable bonds is 5. The van der Waals surface area contributed by atoms with Crippen LogP contribution in [0.4, 0.5) is 0 Å². The number of benzene rings is 2. The molecule has 0 fully saturated rings. The second kappa shape index (κ2) is 6.98. The van der Waals surface area contributed by atoms with Crippen LogP contribution in [-0.4, -0.2) is 16.8 Å². The SMILES string of the molecule is NNC(=O)C(CSc1cccc(O)c1)c1ccccc1. The van der Waals surface area contributed by atoms with Gasteiger partial charge in [-0.1, -0.05) is 36.4 Å². The molecule has 0 radical (unpaired) electrons. The largest absolute Gasteiger partial charge is 0.508 e. The zero-order valence-corrected chi connectivity index (χ0v) is 11.6. The number of hydrogen-bond acceptors (Lipinski definition) is 4. The van der Waals surface area contributed by atoms with E-state index in [0.717, 1.165) is 10.5 Å². The van der Waals surface area contributed by atoms with Crippen molar-refractivity contribution in [2.75, 3.05) is 5.75 Å². The van der Waals surface area contributed by atoms with Gasteiger partial charge in [0.05, 0.1) is 5.92 Å². The lowest BCUT2D eigenvalue weighted by molar-refractivity contribution is -0.122. The van der Waals surface area contributed by atoms with Crippen LogP contribution in [0.5, 0.6) is 5.75 Å². The maximum atomic E-state index is 11.9. The van der Waals surface area contributed by atoms with Crippen LogP contribution in [-0.2, 0) is 4.79 Å². The van der Waals surface area contributed by atoms with Crippen LogP contribution in [0.2, 0.25) is 0 Å². The topological polar surface area (TPSA) is 75.3 Å². The number of hydrazine groups is 1. The summed E-state index contributed by atoms with van der Waals surface area (Å²) in [6, 6.07) is 16.5. The van der Waals surface area contributed by atoms with Crippen molar-refractivity contribution in [1.29, 1.82) is 0 Å². The van der Waals surface area contributed by atoms with E-state index in [-0.39, 0.29) is 17.6 Å². The second-order valence-electron chi connectivity index (χ2n) is 4.28. The maximum Gasteiger partial charge on any atom is 0.242 e. The monoisotopic (exact) mass is 288 g/mol. The molecule has 0 aromatic heterocycles. The molecule has 4 nitrogen and oxygen atoms in total. The van der Waals surface area contributed by atoms with Crippen LogP contribution in [0.1, 0.15) is 11.5 Å². The highest BCUT2D eigenvalue weighted by Crippen LogP contribution is 2.28. The van der Waals surface area contributed by atoms with Gasteiger partial charge in [0.2, 0.25) is 5.91 Å². The number of phenolic OH excluding ortho intramolecular Hbond substituents is 1. The lowest BCUT2D eigenvalue weighted by atomic mass is 10.0. The van der Waals surface area contributed by atoms with Crippen LogP contribution in [0, 0.1) is 0 Å². The second-order valence-corrected chi connectivity index (χ2v) is 5.37. The van der Waals surface area contributed by atoms with E-state index < -0.39 is 0 Å². The van der Waals surface area contributed by atoms with Gasteiger partial charge in [0.15, 0.2) is 0 Å². The van der Waals surface area contributed by atoms with Gasteiger partial charge in [-0.15, -0.1) is 11.8 Å². The number of thioether (sulfide) groups is 1. The van der Waals surface area contributed by atoms with Gasteiger partial charge in [0, 0.05) is 10.6 Å². The lowest BCUT2D eigenvalue weighted by Gasteiger charge is -2.15. The average molecular weight is 288 g/mol. The summed E-state index contributed by atoms with van der Waals surface area (Å²) < 4.78 is 0. The van der Waals surface area contributed by atoms with E-state index in [0.29, 0.717) is 5.75 Å². The van der Waals surface area contributed by atoms with E-state index in [9.17, 15) is 9.90 Å². The van der Waals surface area contributed by atoms with E-state index in [1.165, 1.54) is 11.8 Å². The van der Waals surface area contributed by atoms with Gasteiger partial charge < -0.3 is 5.11 Å². The zero-order valence-electron chi connectivity index (χ0n) is 10.8. The molecular weight excluding hydrogens is 272 g/mol. The van der Waals surface area contributed by atoms with Gasteiger partial charge >= 0.3 is 0 Å². The van der Waals surface area contributed by atoms with Gasteiger partial charge in [0.25, 0.3) is 0 Å². The Balaban J connectivity index is 2.11. The zero-order chi connectivity index (χ0) is 14.4. The third kappa shape index (κ3) is 3.76. The fraction of sp³-hybridized carbons (Fsp3) is 0.133. The molecule has 2 aromatic carbocycles. The first-order valence-electron chi connectivity index (χ1n) is 6.18. The minimum absolute atomic E-state index is 0.217. The normalized spacial score (nSPS) is 11.8. The highest BCUT2D eigenvalue weighted by molar-refractivity contribution is 7.99. The van der Waals surface area contributed by atoms with Crippen LogP contribution in [0.3, 0.4) is 0 Å². The molecular formula is C15H16N2O2S. The van der Waals surface area contributed by atoms with Gasteiger partial charge in [-0.3, -0.25) is 10.2 Å². The van der Waals surface area contributed by atoms with E-state index in [1.807, 2.05) is 36.4 Å². The summed E-state index contributed by atoms with van der Waals surface area (Å²) in [5.41, 5.74) is 3.13.